The Hall–Kier alpha value is -3.15. The van der Waals surface area contributed by atoms with E-state index in [1.807, 2.05) is 45.0 Å². The van der Waals surface area contributed by atoms with Gasteiger partial charge in [-0.3, -0.25) is 14.4 Å². The summed E-state index contributed by atoms with van der Waals surface area (Å²) in [6.45, 7) is 6.40. The maximum atomic E-state index is 12.9. The minimum atomic E-state index is -0.682. The molecule has 0 spiro atoms. The molecule has 1 aliphatic heterocycles. The molecule has 1 saturated heterocycles. The van der Waals surface area contributed by atoms with Gasteiger partial charge in [0.15, 0.2) is 0 Å². The molecule has 158 valence electrons. The summed E-state index contributed by atoms with van der Waals surface area (Å²) in [5.41, 5.74) is 2.89. The number of aryl methyl sites for hydroxylation is 1. The molecule has 0 saturated carbocycles. The molecule has 0 bridgehead atoms. The fraction of sp³-hybridized carbons (Fsp3) is 0.375. The third-order valence-corrected chi connectivity index (χ3v) is 5.26. The molecule has 1 fully saturated rings. The number of anilines is 2. The largest absolute Gasteiger partial charge is 0.340 e. The van der Waals surface area contributed by atoms with Crippen LogP contribution in [0.25, 0.3) is 0 Å². The summed E-state index contributed by atoms with van der Waals surface area (Å²) in [5, 5.41) is 5.74. The molecule has 2 N–H and O–H groups in total. The zero-order valence-corrected chi connectivity index (χ0v) is 17.8. The number of hydrogen-bond acceptors (Lipinski definition) is 3. The van der Waals surface area contributed by atoms with Gasteiger partial charge in [0.05, 0.1) is 0 Å². The Morgan fingerprint density at radius 2 is 1.80 bits per heavy atom. The van der Waals surface area contributed by atoms with E-state index < -0.39 is 6.04 Å². The number of nitrogens with one attached hydrogen (secondary N) is 2. The molecule has 6 nitrogen and oxygen atoms in total. The highest BCUT2D eigenvalue weighted by Crippen LogP contribution is 2.24. The molecule has 3 amide bonds. The van der Waals surface area contributed by atoms with E-state index in [1.54, 1.807) is 29.2 Å². The first-order valence-electron chi connectivity index (χ1n) is 10.4. The standard InChI is InChI=1S/C24H29N3O3/c1-16(2)22(26-23(29)18-9-6-8-17(3)14-18)24(30)25-19-10-7-11-20(15-19)27-13-5-4-12-21(27)28/h6-11,14-16,22H,4-5,12-13H2,1-3H3,(H,25,30)(H,26,29). The Morgan fingerprint density at radius 3 is 2.50 bits per heavy atom. The summed E-state index contributed by atoms with van der Waals surface area (Å²) in [5.74, 6) is -0.547. The van der Waals surface area contributed by atoms with Gasteiger partial charge in [-0.15, -0.1) is 0 Å². The van der Waals surface area contributed by atoms with Crippen molar-refractivity contribution in [3.63, 3.8) is 0 Å². The number of amides is 3. The van der Waals surface area contributed by atoms with Crippen molar-refractivity contribution in [1.82, 2.24) is 5.32 Å². The van der Waals surface area contributed by atoms with Crippen LogP contribution >= 0.6 is 0 Å². The fourth-order valence-electron chi connectivity index (χ4n) is 3.60. The second-order valence-corrected chi connectivity index (χ2v) is 8.11. The van der Waals surface area contributed by atoms with Gasteiger partial charge < -0.3 is 15.5 Å². The van der Waals surface area contributed by atoms with Crippen molar-refractivity contribution in [2.45, 2.75) is 46.1 Å². The highest BCUT2D eigenvalue weighted by molar-refractivity contribution is 6.02. The van der Waals surface area contributed by atoms with E-state index in [4.69, 9.17) is 0 Å². The summed E-state index contributed by atoms with van der Waals surface area (Å²) >= 11 is 0. The Morgan fingerprint density at radius 1 is 1.03 bits per heavy atom. The third kappa shape index (κ3) is 5.26. The summed E-state index contributed by atoms with van der Waals surface area (Å²) < 4.78 is 0. The molecule has 2 aromatic rings. The van der Waals surface area contributed by atoms with Crippen LogP contribution in [0.3, 0.4) is 0 Å². The van der Waals surface area contributed by atoms with Gasteiger partial charge in [-0.25, -0.2) is 0 Å². The van der Waals surface area contributed by atoms with Gasteiger partial charge >= 0.3 is 0 Å². The molecule has 1 aliphatic rings. The summed E-state index contributed by atoms with van der Waals surface area (Å²) in [6.07, 6.45) is 2.45. The van der Waals surface area contributed by atoms with Crippen molar-refractivity contribution in [2.24, 2.45) is 5.92 Å². The van der Waals surface area contributed by atoms with Gasteiger partial charge in [-0.1, -0.05) is 37.6 Å². The fourth-order valence-corrected chi connectivity index (χ4v) is 3.60. The normalized spacial score (nSPS) is 15.1. The maximum Gasteiger partial charge on any atom is 0.251 e. The van der Waals surface area contributed by atoms with Crippen molar-refractivity contribution >= 4 is 29.1 Å². The first-order chi connectivity index (χ1) is 14.3. The lowest BCUT2D eigenvalue weighted by molar-refractivity contribution is -0.120. The average Bonchev–Trinajstić information content (AvgIpc) is 2.72. The molecule has 1 unspecified atom stereocenters. The second-order valence-electron chi connectivity index (χ2n) is 8.11. The molecule has 0 radical (unpaired) electrons. The Bertz CT molecular complexity index is 939. The lowest BCUT2D eigenvalue weighted by Gasteiger charge is -2.27. The smallest absolute Gasteiger partial charge is 0.251 e. The molecular weight excluding hydrogens is 378 g/mol. The number of carbonyl (C=O) groups is 3. The lowest BCUT2D eigenvalue weighted by Crippen LogP contribution is -2.47. The van der Waals surface area contributed by atoms with Gasteiger partial charge in [0.1, 0.15) is 6.04 Å². The number of hydrogen-bond donors (Lipinski definition) is 2. The summed E-state index contributed by atoms with van der Waals surface area (Å²) in [6, 6.07) is 13.9. The topological polar surface area (TPSA) is 78.5 Å². The van der Waals surface area contributed by atoms with Crippen molar-refractivity contribution in [3.8, 4) is 0 Å². The van der Waals surface area contributed by atoms with Crippen molar-refractivity contribution < 1.29 is 14.4 Å². The van der Waals surface area contributed by atoms with E-state index in [0.29, 0.717) is 24.2 Å². The highest BCUT2D eigenvalue weighted by atomic mass is 16.2. The van der Waals surface area contributed by atoms with Crippen LogP contribution in [-0.2, 0) is 9.59 Å². The zero-order chi connectivity index (χ0) is 21.7. The van der Waals surface area contributed by atoms with E-state index in [0.717, 1.165) is 24.1 Å². The van der Waals surface area contributed by atoms with Crippen LogP contribution in [0.1, 0.15) is 49.0 Å². The van der Waals surface area contributed by atoms with E-state index in [-0.39, 0.29) is 23.6 Å². The number of nitrogens with zero attached hydrogens (tertiary/aromatic N) is 1. The number of carbonyl (C=O) groups excluding carboxylic acids is 3. The molecule has 3 rings (SSSR count). The molecule has 1 atom stereocenters. The average molecular weight is 408 g/mol. The van der Waals surface area contributed by atoms with Gasteiger partial charge in [-0.2, -0.15) is 0 Å². The van der Waals surface area contributed by atoms with Gasteiger partial charge in [0.2, 0.25) is 11.8 Å². The molecule has 0 aliphatic carbocycles. The SMILES string of the molecule is Cc1cccc(C(=O)NC(C(=O)Nc2cccc(N3CCCCC3=O)c2)C(C)C)c1. The quantitative estimate of drug-likeness (QED) is 0.762. The Labute approximate surface area is 177 Å². The molecule has 0 aromatic heterocycles. The van der Waals surface area contributed by atoms with Gasteiger partial charge in [0, 0.05) is 29.9 Å². The molecular formula is C24H29N3O3. The summed E-state index contributed by atoms with van der Waals surface area (Å²) in [4.78, 5) is 39.5. The van der Waals surface area contributed by atoms with E-state index in [1.165, 1.54) is 0 Å². The van der Waals surface area contributed by atoms with Crippen LogP contribution in [0.15, 0.2) is 48.5 Å². The van der Waals surface area contributed by atoms with Crippen LogP contribution in [0.2, 0.25) is 0 Å². The van der Waals surface area contributed by atoms with Crippen LogP contribution < -0.4 is 15.5 Å². The third-order valence-electron chi connectivity index (χ3n) is 5.26. The minimum absolute atomic E-state index is 0.0920. The van der Waals surface area contributed by atoms with Crippen LogP contribution in [0.5, 0.6) is 0 Å². The van der Waals surface area contributed by atoms with E-state index >= 15 is 0 Å². The minimum Gasteiger partial charge on any atom is -0.340 e. The Balaban J connectivity index is 1.71. The van der Waals surface area contributed by atoms with E-state index in [9.17, 15) is 14.4 Å². The van der Waals surface area contributed by atoms with Crippen molar-refractivity contribution in [2.75, 3.05) is 16.8 Å². The summed E-state index contributed by atoms with van der Waals surface area (Å²) in [7, 11) is 0. The van der Waals surface area contributed by atoms with E-state index in [2.05, 4.69) is 10.6 Å². The maximum absolute atomic E-state index is 12.9. The van der Waals surface area contributed by atoms with Crippen molar-refractivity contribution in [3.05, 3.63) is 59.7 Å². The Kier molecular flexibility index (Phi) is 6.87. The first kappa shape index (κ1) is 21.6. The molecule has 6 heteroatoms. The molecule has 30 heavy (non-hydrogen) atoms. The molecule has 1 heterocycles. The predicted octanol–water partition coefficient (Wildman–Crippen LogP) is 3.91. The van der Waals surface area contributed by atoms with Crippen molar-refractivity contribution in [1.29, 1.82) is 0 Å². The van der Waals surface area contributed by atoms with Crippen LogP contribution in [0, 0.1) is 12.8 Å². The van der Waals surface area contributed by atoms with Gasteiger partial charge in [0.25, 0.3) is 5.91 Å². The number of benzene rings is 2. The van der Waals surface area contributed by atoms with Gasteiger partial charge in [-0.05, 0) is 56.0 Å². The van der Waals surface area contributed by atoms with Crippen LogP contribution in [0.4, 0.5) is 11.4 Å². The number of piperidine rings is 1. The second kappa shape index (κ2) is 9.57. The predicted molar refractivity (Wildman–Crippen MR) is 119 cm³/mol. The monoisotopic (exact) mass is 407 g/mol. The zero-order valence-electron chi connectivity index (χ0n) is 17.8. The highest BCUT2D eigenvalue weighted by Gasteiger charge is 2.25. The number of rotatable bonds is 6. The lowest BCUT2D eigenvalue weighted by atomic mass is 10.0. The van der Waals surface area contributed by atoms with Crippen LogP contribution in [-0.4, -0.2) is 30.3 Å². The first-order valence-corrected chi connectivity index (χ1v) is 10.4. The molecule has 2 aromatic carbocycles.